The smallest absolute Gasteiger partial charge is 0.494 e. The summed E-state index contributed by atoms with van der Waals surface area (Å²) in [6.45, 7) is 8.85. The van der Waals surface area contributed by atoms with Crippen LogP contribution in [0.4, 0.5) is 0 Å². The number of hydrogen-bond donors (Lipinski definition) is 3. The van der Waals surface area contributed by atoms with Gasteiger partial charge in [0.2, 0.25) is 0 Å². The van der Waals surface area contributed by atoms with Crippen LogP contribution < -0.4 is 14.9 Å². The molecule has 3 aromatic rings. The van der Waals surface area contributed by atoms with Crippen molar-refractivity contribution in [2.24, 2.45) is 0 Å². The van der Waals surface area contributed by atoms with E-state index in [1.54, 1.807) is 24.3 Å². The summed E-state index contributed by atoms with van der Waals surface area (Å²) in [5.74, 6) is 1.81. The summed E-state index contributed by atoms with van der Waals surface area (Å²) < 4.78 is 24.4. The maximum Gasteiger partial charge on any atom is 0.494 e. The fourth-order valence-electron chi connectivity index (χ4n) is 3.00. The molecule has 0 atom stereocenters. The van der Waals surface area contributed by atoms with Crippen LogP contribution in [0.25, 0.3) is 0 Å². The summed E-state index contributed by atoms with van der Waals surface area (Å²) in [5.41, 5.74) is 0.308. The highest BCUT2D eigenvalue weighted by molar-refractivity contribution is 9.10. The third-order valence-corrected chi connectivity index (χ3v) is 6.82. The van der Waals surface area contributed by atoms with Crippen molar-refractivity contribution in [1.29, 1.82) is 0 Å². The first-order valence-corrected chi connectivity index (χ1v) is 13.7. The van der Waals surface area contributed by atoms with E-state index in [2.05, 4.69) is 31.9 Å². The first-order valence-electron chi connectivity index (χ1n) is 12.1. The molecule has 1 heterocycles. The number of rotatable bonds is 7. The molecule has 1 saturated heterocycles. The van der Waals surface area contributed by atoms with Gasteiger partial charge in [0.05, 0.1) is 24.4 Å². The van der Waals surface area contributed by atoms with Gasteiger partial charge in [0, 0.05) is 8.95 Å². The van der Waals surface area contributed by atoms with Crippen molar-refractivity contribution in [3.63, 3.8) is 0 Å². The van der Waals surface area contributed by atoms with E-state index in [0.29, 0.717) is 19.0 Å². The van der Waals surface area contributed by atoms with E-state index in [9.17, 15) is 0 Å². The Bertz CT molecular complexity index is 1040. The Balaban J connectivity index is 0.000000224. The monoisotopic (exact) mass is 652 g/mol. The molecule has 0 saturated carbocycles. The fourth-order valence-corrected chi connectivity index (χ4v) is 3.53. The zero-order valence-corrected chi connectivity index (χ0v) is 25.2. The van der Waals surface area contributed by atoms with Crippen LogP contribution in [0.2, 0.25) is 0 Å². The van der Waals surface area contributed by atoms with Gasteiger partial charge in [-0.15, -0.1) is 0 Å². The lowest BCUT2D eigenvalue weighted by molar-refractivity contribution is 0.00578. The van der Waals surface area contributed by atoms with Crippen molar-refractivity contribution in [3.05, 3.63) is 81.7 Å². The number of phenolic OH excluding ortho intramolecular Hbond substituents is 1. The third-order valence-electron chi connectivity index (χ3n) is 5.77. The summed E-state index contributed by atoms with van der Waals surface area (Å²) in [7, 11) is -0.350. The zero-order valence-electron chi connectivity index (χ0n) is 22.1. The van der Waals surface area contributed by atoms with Gasteiger partial charge in [-0.1, -0.05) is 44.0 Å². The van der Waals surface area contributed by atoms with Gasteiger partial charge in [0.25, 0.3) is 0 Å². The molecule has 0 unspecified atom stereocenters. The Morgan fingerprint density at radius 3 is 1.39 bits per heavy atom. The minimum Gasteiger partial charge on any atom is -0.508 e. The highest BCUT2D eigenvalue weighted by Crippen LogP contribution is 2.36. The maximum atomic E-state index is 8.74. The second-order valence-electron chi connectivity index (χ2n) is 9.23. The van der Waals surface area contributed by atoms with Crippen LogP contribution in [0.5, 0.6) is 17.2 Å². The second kappa shape index (κ2) is 15.5. The number of aromatic hydroxyl groups is 1. The molecule has 0 bridgehead atoms. The van der Waals surface area contributed by atoms with Crippen LogP contribution in [0, 0.1) is 0 Å². The average Bonchev–Trinajstić information content (AvgIpc) is 3.12. The highest BCUT2D eigenvalue weighted by atomic mass is 79.9. The van der Waals surface area contributed by atoms with Gasteiger partial charge in [-0.2, -0.15) is 0 Å². The number of ether oxygens (including phenoxy) is 2. The molecule has 4 rings (SSSR count). The van der Waals surface area contributed by atoms with Gasteiger partial charge in [-0.05, 0) is 93.8 Å². The number of benzene rings is 3. The van der Waals surface area contributed by atoms with Gasteiger partial charge in [-0.3, -0.25) is 0 Å². The van der Waals surface area contributed by atoms with Crippen molar-refractivity contribution in [2.75, 3.05) is 26.4 Å². The molecule has 1 fully saturated rings. The van der Waals surface area contributed by atoms with E-state index in [1.165, 1.54) is 0 Å². The molecular weight excluding hydrogens is 619 g/mol. The SMILES string of the molecule is CC1(C)OB(c2ccc(OCCO)cc2)OC1(C)C.OCCOc1ccc(Br)cc1.Oc1ccc(Br)cc1. The topological polar surface area (TPSA) is 97.6 Å². The molecule has 0 aliphatic carbocycles. The van der Waals surface area contributed by atoms with Gasteiger partial charge in [0.15, 0.2) is 0 Å². The van der Waals surface area contributed by atoms with Crippen molar-refractivity contribution >= 4 is 44.4 Å². The Kier molecular flexibility index (Phi) is 13.1. The van der Waals surface area contributed by atoms with Crippen molar-refractivity contribution in [2.45, 2.75) is 38.9 Å². The molecule has 10 heteroatoms. The summed E-state index contributed by atoms with van der Waals surface area (Å²) in [6.07, 6.45) is 0. The van der Waals surface area contributed by atoms with Gasteiger partial charge in [-0.25, -0.2) is 0 Å². The number of aliphatic hydroxyl groups excluding tert-OH is 2. The molecule has 3 aromatic carbocycles. The molecule has 3 N–H and O–H groups in total. The minimum absolute atomic E-state index is 0.0129. The number of phenols is 1. The Morgan fingerprint density at radius 2 is 1.03 bits per heavy atom. The molecule has 7 nitrogen and oxygen atoms in total. The van der Waals surface area contributed by atoms with Crippen molar-refractivity contribution in [3.8, 4) is 17.2 Å². The number of hydrogen-bond acceptors (Lipinski definition) is 7. The number of halogens is 2. The van der Waals surface area contributed by atoms with Crippen molar-refractivity contribution < 1.29 is 34.1 Å². The average molecular weight is 654 g/mol. The minimum atomic E-state index is -0.350. The fraction of sp³-hybridized carbons (Fsp3) is 0.357. The molecule has 0 radical (unpaired) electrons. The largest absolute Gasteiger partial charge is 0.508 e. The van der Waals surface area contributed by atoms with Crippen LogP contribution in [-0.2, 0) is 9.31 Å². The van der Waals surface area contributed by atoms with Crippen LogP contribution in [0.1, 0.15) is 27.7 Å². The van der Waals surface area contributed by atoms with E-state index >= 15 is 0 Å². The van der Waals surface area contributed by atoms with E-state index in [1.807, 2.05) is 76.2 Å². The molecule has 38 heavy (non-hydrogen) atoms. The van der Waals surface area contributed by atoms with E-state index in [-0.39, 0.29) is 31.5 Å². The predicted octanol–water partition coefficient (Wildman–Crippen LogP) is 5.33. The maximum absolute atomic E-state index is 8.74. The second-order valence-corrected chi connectivity index (χ2v) is 11.1. The van der Waals surface area contributed by atoms with Crippen LogP contribution in [0.15, 0.2) is 81.7 Å². The summed E-state index contributed by atoms with van der Waals surface area (Å²) >= 11 is 6.54. The molecule has 1 aliphatic heterocycles. The van der Waals surface area contributed by atoms with Crippen molar-refractivity contribution in [1.82, 2.24) is 0 Å². The molecule has 0 amide bonds. The molecule has 1 aliphatic rings. The Hall–Kier alpha value is -2.08. The lowest BCUT2D eigenvalue weighted by atomic mass is 9.79. The van der Waals surface area contributed by atoms with Gasteiger partial charge < -0.3 is 34.1 Å². The molecule has 206 valence electrons. The van der Waals surface area contributed by atoms with Crippen LogP contribution in [0.3, 0.4) is 0 Å². The van der Waals surface area contributed by atoms with E-state index in [0.717, 1.165) is 25.9 Å². The molecule has 0 aromatic heterocycles. The normalized spacial score (nSPS) is 15.0. The molecular formula is C28H35BBr2O7. The lowest BCUT2D eigenvalue weighted by Crippen LogP contribution is -2.41. The predicted molar refractivity (Wildman–Crippen MR) is 157 cm³/mol. The first kappa shape index (κ1) is 32.1. The summed E-state index contributed by atoms with van der Waals surface area (Å²) in [4.78, 5) is 0. The van der Waals surface area contributed by atoms with E-state index in [4.69, 9.17) is 34.1 Å². The van der Waals surface area contributed by atoms with Gasteiger partial charge in [0.1, 0.15) is 30.5 Å². The Labute approximate surface area is 242 Å². The van der Waals surface area contributed by atoms with Crippen LogP contribution in [-0.4, -0.2) is 60.1 Å². The summed E-state index contributed by atoms with van der Waals surface area (Å²) in [5, 5.41) is 25.9. The summed E-state index contributed by atoms with van der Waals surface area (Å²) in [6, 6.07) is 21.9. The standard InChI is InChI=1S/C14H21BO4.C8H9BrO2.C6H5BrO/c1-13(2)14(3,4)19-15(18-13)11-5-7-12(8-6-11)17-10-9-16;9-7-1-3-8(4-2-7)11-6-5-10;7-5-1-3-6(8)4-2-5/h5-8,16H,9-10H2,1-4H3;1-4,10H,5-6H2;1-4,8H. The first-order chi connectivity index (χ1) is 18.0. The van der Waals surface area contributed by atoms with Crippen LogP contribution >= 0.6 is 31.9 Å². The third kappa shape index (κ3) is 10.6. The lowest BCUT2D eigenvalue weighted by Gasteiger charge is -2.32. The molecule has 0 spiro atoms. The van der Waals surface area contributed by atoms with Gasteiger partial charge >= 0.3 is 7.12 Å². The Morgan fingerprint density at radius 1 is 0.658 bits per heavy atom. The number of aliphatic hydroxyl groups is 2. The highest BCUT2D eigenvalue weighted by Gasteiger charge is 2.51. The van der Waals surface area contributed by atoms with E-state index < -0.39 is 0 Å². The zero-order chi connectivity index (χ0) is 28.2. The quantitative estimate of drug-likeness (QED) is 0.297.